The summed E-state index contributed by atoms with van der Waals surface area (Å²) in [5, 5.41) is 0. The molecule has 0 aromatic carbocycles. The summed E-state index contributed by atoms with van der Waals surface area (Å²) in [5.41, 5.74) is 0. The molecule has 0 aromatic rings. The van der Waals surface area contributed by atoms with Gasteiger partial charge in [0, 0.05) is 0 Å². The van der Waals surface area contributed by atoms with Gasteiger partial charge in [0.05, 0.1) is 0 Å². The van der Waals surface area contributed by atoms with Crippen LogP contribution >= 0.6 is 0 Å². The molecule has 0 aliphatic carbocycles. The van der Waals surface area contributed by atoms with E-state index in [1.165, 1.54) is 0 Å². The van der Waals surface area contributed by atoms with Crippen molar-refractivity contribution in [1.29, 1.82) is 0 Å². The van der Waals surface area contributed by atoms with E-state index in [4.69, 9.17) is 0 Å². The third-order valence-corrected chi connectivity index (χ3v) is 0.496. The van der Waals surface area contributed by atoms with E-state index in [0.29, 0.717) is 0 Å². The quantitative estimate of drug-likeness (QED) is 0.371. The van der Waals surface area contributed by atoms with Crippen molar-refractivity contribution in [2.45, 2.75) is 20.8 Å². The Labute approximate surface area is 58.6 Å². The molecule has 0 aliphatic heterocycles. The lowest BCUT2D eigenvalue weighted by Crippen LogP contribution is -1.40. The average Bonchev–Trinajstić information content (AvgIpc) is 1.86. The number of hydrogen-bond acceptors (Lipinski definition) is 0. The van der Waals surface area contributed by atoms with Crippen LogP contribution in [0, 0.1) is 0 Å². The van der Waals surface area contributed by atoms with Gasteiger partial charge in [-0.25, -0.2) is 0 Å². The Hall–Kier alpha value is -0.780. The molecule has 0 nitrogen and oxygen atoms in total. The van der Waals surface area contributed by atoms with Crippen LogP contribution in [0.5, 0.6) is 0 Å². The van der Waals surface area contributed by atoms with Crippen molar-refractivity contribution in [2.75, 3.05) is 0 Å². The minimum Gasteiger partial charge on any atom is -0.103 e. The van der Waals surface area contributed by atoms with Crippen LogP contribution in [-0.4, -0.2) is 0 Å². The van der Waals surface area contributed by atoms with Gasteiger partial charge in [-0.3, -0.25) is 0 Å². The van der Waals surface area contributed by atoms with Gasteiger partial charge < -0.3 is 0 Å². The van der Waals surface area contributed by atoms with Crippen LogP contribution in [-0.2, 0) is 0 Å². The number of hydrogen-bond donors (Lipinski definition) is 0. The molecular formula is C9H16. The highest BCUT2D eigenvalue weighted by Crippen LogP contribution is 1.71. The number of rotatable bonds is 1. The van der Waals surface area contributed by atoms with E-state index in [-0.39, 0.29) is 0 Å². The molecule has 0 radical (unpaired) electrons. The van der Waals surface area contributed by atoms with Crippen LogP contribution in [0.3, 0.4) is 0 Å². The van der Waals surface area contributed by atoms with Crippen LogP contribution in [0.4, 0.5) is 0 Å². The van der Waals surface area contributed by atoms with Gasteiger partial charge >= 0.3 is 0 Å². The fourth-order valence-corrected chi connectivity index (χ4v) is 0.222. The maximum atomic E-state index is 3.36. The van der Waals surface area contributed by atoms with E-state index < -0.39 is 0 Å². The van der Waals surface area contributed by atoms with Crippen molar-refractivity contribution in [3.05, 3.63) is 37.0 Å². The van der Waals surface area contributed by atoms with E-state index >= 15 is 0 Å². The lowest BCUT2D eigenvalue weighted by Gasteiger charge is -1.62. The van der Waals surface area contributed by atoms with Gasteiger partial charge in [0.25, 0.3) is 0 Å². The van der Waals surface area contributed by atoms with Gasteiger partial charge in [-0.1, -0.05) is 30.4 Å². The Morgan fingerprint density at radius 3 is 1.22 bits per heavy atom. The molecule has 9 heavy (non-hydrogen) atoms. The highest BCUT2D eigenvalue weighted by Gasteiger charge is 1.48. The zero-order valence-corrected chi connectivity index (χ0v) is 6.59. The molecule has 0 aromatic heterocycles. The summed E-state index contributed by atoms with van der Waals surface area (Å²) in [7, 11) is 0. The highest BCUT2D eigenvalue weighted by molar-refractivity contribution is 4.98. The smallest absolute Gasteiger partial charge is 0.0467 e. The van der Waals surface area contributed by atoms with Crippen molar-refractivity contribution >= 4 is 0 Å². The summed E-state index contributed by atoms with van der Waals surface area (Å²) in [5.74, 6) is 0. The van der Waals surface area contributed by atoms with Gasteiger partial charge in [-0.15, -0.1) is 6.58 Å². The maximum absolute atomic E-state index is 3.36. The largest absolute Gasteiger partial charge is 0.103 e. The van der Waals surface area contributed by atoms with Gasteiger partial charge in [-0.05, 0) is 20.8 Å². The average molecular weight is 124 g/mol. The van der Waals surface area contributed by atoms with Crippen molar-refractivity contribution in [3.63, 3.8) is 0 Å². The highest BCUT2D eigenvalue weighted by atomic mass is 13.6. The first-order valence-electron chi connectivity index (χ1n) is 3.14. The second-order valence-electron chi connectivity index (χ2n) is 1.46. The van der Waals surface area contributed by atoms with Crippen molar-refractivity contribution in [2.24, 2.45) is 0 Å². The summed E-state index contributed by atoms with van der Waals surface area (Å²) in [6.45, 7) is 9.25. The molecule has 0 N–H and O–H groups in total. The fourth-order valence-electron chi connectivity index (χ4n) is 0.222. The van der Waals surface area contributed by atoms with E-state index in [1.807, 2.05) is 45.1 Å². The second kappa shape index (κ2) is 15.7. The number of allylic oxidation sites excluding steroid dienone is 5. The summed E-state index contributed by atoms with van der Waals surface area (Å²) in [6.07, 6.45) is 9.75. The second-order valence-corrected chi connectivity index (χ2v) is 1.46. The van der Waals surface area contributed by atoms with Gasteiger partial charge in [0.15, 0.2) is 0 Å². The zero-order chi connectivity index (χ0) is 7.54. The monoisotopic (exact) mass is 124 g/mol. The molecule has 0 heteroatoms. The molecule has 0 atom stereocenters. The Bertz CT molecular complexity index is 76.2. The Kier molecular flexibility index (Phi) is 19.3. The van der Waals surface area contributed by atoms with Crippen LogP contribution in [0.25, 0.3) is 0 Å². The maximum Gasteiger partial charge on any atom is -0.0467 e. The van der Waals surface area contributed by atoms with Gasteiger partial charge in [-0.2, -0.15) is 0 Å². The minimum atomic E-state index is 1.75. The van der Waals surface area contributed by atoms with E-state index in [9.17, 15) is 0 Å². The normalized spacial score (nSPS) is 9.22. The van der Waals surface area contributed by atoms with E-state index in [1.54, 1.807) is 6.08 Å². The van der Waals surface area contributed by atoms with Crippen molar-refractivity contribution in [3.8, 4) is 0 Å². The molecule has 52 valence electrons. The molecule has 0 aliphatic rings. The van der Waals surface area contributed by atoms with Crippen LogP contribution in [0.1, 0.15) is 20.8 Å². The van der Waals surface area contributed by atoms with Gasteiger partial charge in [0.1, 0.15) is 0 Å². The Morgan fingerprint density at radius 1 is 0.889 bits per heavy atom. The predicted octanol–water partition coefficient (Wildman–Crippen LogP) is 3.33. The first-order chi connectivity index (χ1) is 4.33. The lowest BCUT2D eigenvalue weighted by molar-refractivity contribution is 1.69. The van der Waals surface area contributed by atoms with Gasteiger partial charge in [0.2, 0.25) is 0 Å². The fraction of sp³-hybridized carbons (Fsp3) is 0.333. The first-order valence-corrected chi connectivity index (χ1v) is 3.14. The molecule has 0 unspecified atom stereocenters. The molecular weight excluding hydrogens is 108 g/mol. The zero-order valence-electron chi connectivity index (χ0n) is 6.59. The van der Waals surface area contributed by atoms with E-state index in [2.05, 4.69) is 6.58 Å². The first kappa shape index (κ1) is 11.1. The van der Waals surface area contributed by atoms with Crippen LogP contribution in [0.2, 0.25) is 0 Å². The summed E-state index contributed by atoms with van der Waals surface area (Å²) >= 11 is 0. The third kappa shape index (κ3) is 39.9. The molecule has 0 amide bonds. The Balaban J connectivity index is 0. The molecule has 0 rings (SSSR count). The summed E-state index contributed by atoms with van der Waals surface area (Å²) in [4.78, 5) is 0. The SMILES string of the molecule is C/C=C\C=C\C.C=CC. The molecule has 0 bridgehead atoms. The molecule has 0 saturated carbocycles. The molecule has 0 spiro atoms. The molecule has 0 saturated heterocycles. The van der Waals surface area contributed by atoms with Crippen LogP contribution in [0.15, 0.2) is 37.0 Å². The lowest BCUT2D eigenvalue weighted by atomic mass is 10.5. The summed E-state index contributed by atoms with van der Waals surface area (Å²) in [6, 6.07) is 0. The third-order valence-electron chi connectivity index (χ3n) is 0.496. The van der Waals surface area contributed by atoms with Crippen molar-refractivity contribution in [1.82, 2.24) is 0 Å². The topological polar surface area (TPSA) is 0 Å². The van der Waals surface area contributed by atoms with Crippen molar-refractivity contribution < 1.29 is 0 Å². The minimum absolute atomic E-state index is 1.75. The summed E-state index contributed by atoms with van der Waals surface area (Å²) < 4.78 is 0. The predicted molar refractivity (Wildman–Crippen MR) is 45.5 cm³/mol. The molecule has 0 heterocycles. The Morgan fingerprint density at radius 2 is 1.11 bits per heavy atom. The van der Waals surface area contributed by atoms with Crippen LogP contribution < -0.4 is 0 Å². The van der Waals surface area contributed by atoms with E-state index in [0.717, 1.165) is 0 Å². The standard InChI is InChI=1S/C6H10.C3H6/c1-3-5-6-4-2;1-3-2/h3-6H,1-2H3;3H,1H2,2H3/b5-3-,6-4+;. The molecule has 0 fully saturated rings.